The van der Waals surface area contributed by atoms with Crippen LogP contribution in [0.15, 0.2) is 30.3 Å². The standard InChI is InChI=1S/C23H32O5S/c1-2-3-4-8-16(23(27)28)22-15(18(25)13-19(22)26)10-11-17(24)21-12-14-7-5-6-9-20(14)29-21/h5-7,9,12,15-19,22,24-26H,2-4,8,10-11,13H2,1H3,(H,27,28)/t15-,16?,17+,18+,19-,22+/m0/s1. The lowest BCUT2D eigenvalue weighted by atomic mass is 9.77. The van der Waals surface area contributed by atoms with E-state index >= 15 is 0 Å². The molecule has 0 saturated heterocycles. The highest BCUT2D eigenvalue weighted by Gasteiger charge is 2.47. The molecule has 160 valence electrons. The summed E-state index contributed by atoms with van der Waals surface area (Å²) in [7, 11) is 0. The van der Waals surface area contributed by atoms with E-state index in [1.807, 2.05) is 30.3 Å². The van der Waals surface area contributed by atoms with Crippen molar-refractivity contribution >= 4 is 27.4 Å². The fraction of sp³-hybridized carbons (Fsp3) is 0.609. The number of carboxylic acids is 1. The number of aliphatic carboxylic acids is 1. The van der Waals surface area contributed by atoms with Gasteiger partial charge in [0.2, 0.25) is 0 Å². The number of fused-ring (bicyclic) bond motifs is 1. The molecule has 1 aromatic heterocycles. The van der Waals surface area contributed by atoms with Gasteiger partial charge in [0.1, 0.15) is 0 Å². The fourth-order valence-electron chi connectivity index (χ4n) is 4.83. The Bertz CT molecular complexity index is 770. The molecule has 1 aliphatic rings. The molecule has 1 saturated carbocycles. The van der Waals surface area contributed by atoms with Crippen molar-refractivity contribution in [3.05, 3.63) is 35.2 Å². The molecular weight excluding hydrogens is 388 g/mol. The average molecular weight is 421 g/mol. The lowest BCUT2D eigenvalue weighted by molar-refractivity contribution is -0.146. The predicted molar refractivity (Wildman–Crippen MR) is 115 cm³/mol. The fourth-order valence-corrected chi connectivity index (χ4v) is 5.91. The van der Waals surface area contributed by atoms with Crippen LogP contribution in [0, 0.1) is 17.8 Å². The molecule has 3 rings (SSSR count). The number of hydrogen-bond donors (Lipinski definition) is 4. The van der Waals surface area contributed by atoms with E-state index in [9.17, 15) is 25.2 Å². The summed E-state index contributed by atoms with van der Waals surface area (Å²) in [6.07, 6.45) is 2.27. The molecule has 0 radical (unpaired) electrons. The summed E-state index contributed by atoms with van der Waals surface area (Å²) >= 11 is 1.56. The minimum Gasteiger partial charge on any atom is -0.481 e. The van der Waals surface area contributed by atoms with Crippen LogP contribution in [0.25, 0.3) is 10.1 Å². The van der Waals surface area contributed by atoms with Crippen LogP contribution in [0.4, 0.5) is 0 Å². The average Bonchev–Trinajstić information content (AvgIpc) is 3.24. The van der Waals surface area contributed by atoms with E-state index in [4.69, 9.17) is 0 Å². The zero-order chi connectivity index (χ0) is 21.0. The Hall–Kier alpha value is -1.47. The van der Waals surface area contributed by atoms with Gasteiger partial charge in [0.05, 0.1) is 24.2 Å². The van der Waals surface area contributed by atoms with E-state index in [-0.39, 0.29) is 12.3 Å². The molecule has 6 atom stereocenters. The van der Waals surface area contributed by atoms with Crippen LogP contribution in [0.3, 0.4) is 0 Å². The van der Waals surface area contributed by atoms with Gasteiger partial charge in [-0.25, -0.2) is 0 Å². The summed E-state index contributed by atoms with van der Waals surface area (Å²) in [4.78, 5) is 12.8. The van der Waals surface area contributed by atoms with Crippen molar-refractivity contribution in [3.63, 3.8) is 0 Å². The lowest BCUT2D eigenvalue weighted by Crippen LogP contribution is -2.34. The minimum absolute atomic E-state index is 0.214. The number of hydrogen-bond acceptors (Lipinski definition) is 5. The molecule has 29 heavy (non-hydrogen) atoms. The van der Waals surface area contributed by atoms with Crippen LogP contribution < -0.4 is 0 Å². The van der Waals surface area contributed by atoms with Crippen molar-refractivity contribution in [1.82, 2.24) is 0 Å². The second-order valence-electron chi connectivity index (χ2n) is 8.33. The number of carbonyl (C=O) groups is 1. The first kappa shape index (κ1) is 22.2. The Morgan fingerprint density at radius 3 is 2.62 bits per heavy atom. The first-order valence-corrected chi connectivity index (χ1v) is 11.5. The van der Waals surface area contributed by atoms with Crippen LogP contribution in [-0.4, -0.2) is 38.6 Å². The first-order valence-electron chi connectivity index (χ1n) is 10.7. The number of rotatable bonds is 10. The SMILES string of the molecule is CCCCCC(C(=O)O)[C@H]1[C@@H](CC[C@@H](O)c2cc3ccccc3s2)[C@H](O)C[C@@H]1O. The van der Waals surface area contributed by atoms with Gasteiger partial charge in [0, 0.05) is 15.5 Å². The van der Waals surface area contributed by atoms with Crippen LogP contribution >= 0.6 is 11.3 Å². The second kappa shape index (κ2) is 10.0. The lowest BCUT2D eigenvalue weighted by Gasteiger charge is -2.29. The summed E-state index contributed by atoms with van der Waals surface area (Å²) in [5, 5.41) is 42.5. The maximum atomic E-state index is 11.9. The van der Waals surface area contributed by atoms with Gasteiger partial charge in [-0.3, -0.25) is 4.79 Å². The van der Waals surface area contributed by atoms with Gasteiger partial charge in [-0.1, -0.05) is 44.4 Å². The molecule has 1 aliphatic carbocycles. The number of benzene rings is 1. The van der Waals surface area contributed by atoms with Crippen molar-refractivity contribution in [1.29, 1.82) is 0 Å². The Balaban J connectivity index is 1.68. The molecule has 0 bridgehead atoms. The van der Waals surface area contributed by atoms with Gasteiger partial charge in [-0.15, -0.1) is 11.3 Å². The topological polar surface area (TPSA) is 98.0 Å². The van der Waals surface area contributed by atoms with E-state index in [0.29, 0.717) is 19.3 Å². The van der Waals surface area contributed by atoms with Crippen LogP contribution in [-0.2, 0) is 4.79 Å². The molecule has 6 heteroatoms. The van der Waals surface area contributed by atoms with Gasteiger partial charge in [0.25, 0.3) is 0 Å². The number of aliphatic hydroxyl groups is 3. The third-order valence-electron chi connectivity index (χ3n) is 6.36. The highest BCUT2D eigenvalue weighted by molar-refractivity contribution is 7.19. The quantitative estimate of drug-likeness (QED) is 0.428. The summed E-state index contributed by atoms with van der Waals surface area (Å²) < 4.78 is 1.12. The van der Waals surface area contributed by atoms with E-state index in [1.54, 1.807) is 11.3 Å². The van der Waals surface area contributed by atoms with Gasteiger partial charge in [-0.05, 0) is 49.1 Å². The molecule has 5 nitrogen and oxygen atoms in total. The maximum absolute atomic E-state index is 11.9. The highest BCUT2D eigenvalue weighted by atomic mass is 32.1. The normalized spacial score (nSPS) is 26.6. The third-order valence-corrected chi connectivity index (χ3v) is 7.58. The smallest absolute Gasteiger partial charge is 0.306 e. The number of carboxylic acid groups (broad SMARTS) is 1. The molecule has 0 aliphatic heterocycles. The third kappa shape index (κ3) is 5.18. The minimum atomic E-state index is -0.894. The van der Waals surface area contributed by atoms with Crippen LogP contribution in [0.1, 0.15) is 62.9 Å². The summed E-state index contributed by atoms with van der Waals surface area (Å²) in [6.45, 7) is 2.07. The number of unbranched alkanes of at least 4 members (excludes halogenated alkanes) is 2. The first-order chi connectivity index (χ1) is 13.9. The molecule has 4 N–H and O–H groups in total. The Labute approximate surface area is 176 Å². The van der Waals surface area contributed by atoms with Gasteiger partial charge in [-0.2, -0.15) is 0 Å². The molecule has 2 aromatic rings. The van der Waals surface area contributed by atoms with Crippen molar-refractivity contribution in [3.8, 4) is 0 Å². The van der Waals surface area contributed by atoms with Crippen molar-refractivity contribution in [2.24, 2.45) is 17.8 Å². The molecular formula is C23H32O5S. The van der Waals surface area contributed by atoms with Gasteiger partial charge in [0.15, 0.2) is 0 Å². The predicted octanol–water partition coefficient (Wildman–Crippen LogP) is 4.35. The summed E-state index contributed by atoms with van der Waals surface area (Å²) in [5.41, 5.74) is 0. The second-order valence-corrected chi connectivity index (χ2v) is 9.45. The van der Waals surface area contributed by atoms with Crippen LogP contribution in [0.5, 0.6) is 0 Å². The van der Waals surface area contributed by atoms with Gasteiger partial charge >= 0.3 is 5.97 Å². The van der Waals surface area contributed by atoms with Crippen molar-refractivity contribution in [2.75, 3.05) is 0 Å². The highest BCUT2D eigenvalue weighted by Crippen LogP contribution is 2.43. The Morgan fingerprint density at radius 1 is 1.17 bits per heavy atom. The van der Waals surface area contributed by atoms with Crippen molar-refractivity contribution < 1.29 is 25.2 Å². The van der Waals surface area contributed by atoms with Gasteiger partial charge < -0.3 is 20.4 Å². The molecule has 1 heterocycles. The number of thiophene rings is 1. The molecule has 0 amide bonds. The molecule has 1 unspecified atom stereocenters. The Morgan fingerprint density at radius 2 is 1.93 bits per heavy atom. The summed E-state index contributed by atoms with van der Waals surface area (Å²) in [5.74, 6) is -2.32. The molecule has 1 fully saturated rings. The zero-order valence-electron chi connectivity index (χ0n) is 16.9. The van der Waals surface area contributed by atoms with E-state index in [1.165, 1.54) is 0 Å². The van der Waals surface area contributed by atoms with E-state index in [2.05, 4.69) is 6.92 Å². The van der Waals surface area contributed by atoms with E-state index in [0.717, 1.165) is 34.2 Å². The van der Waals surface area contributed by atoms with Crippen LogP contribution in [0.2, 0.25) is 0 Å². The molecule has 0 spiro atoms. The van der Waals surface area contributed by atoms with E-state index < -0.39 is 36.1 Å². The number of aliphatic hydroxyl groups excluding tert-OH is 3. The largest absolute Gasteiger partial charge is 0.481 e. The Kier molecular flexibility index (Phi) is 7.68. The summed E-state index contributed by atoms with van der Waals surface area (Å²) in [6, 6.07) is 9.98. The molecule has 1 aromatic carbocycles. The zero-order valence-corrected chi connectivity index (χ0v) is 17.7. The monoisotopic (exact) mass is 420 g/mol. The maximum Gasteiger partial charge on any atom is 0.306 e. The van der Waals surface area contributed by atoms with Crippen molar-refractivity contribution in [2.45, 2.75) is 70.2 Å².